The number of carboxylic acid groups (broad SMARTS) is 1. The highest BCUT2D eigenvalue weighted by Gasteiger charge is 2.35. The Labute approximate surface area is 167 Å². The molecule has 1 N–H and O–H groups in total. The number of nitrogens with zero attached hydrogens (tertiary/aromatic N) is 2. The molecule has 144 valence electrons. The lowest BCUT2D eigenvalue weighted by molar-refractivity contribution is -0.138. The summed E-state index contributed by atoms with van der Waals surface area (Å²) in [5.41, 5.74) is 1.59. The Morgan fingerprint density at radius 2 is 2.07 bits per heavy atom. The Kier molecular flexibility index (Phi) is 4.80. The van der Waals surface area contributed by atoms with Crippen molar-refractivity contribution < 1.29 is 23.5 Å². The Bertz CT molecular complexity index is 1120. The molecular weight excluding hydrogens is 406 g/mol. The number of amides is 1. The first-order valence-electron chi connectivity index (χ1n) is 8.37. The van der Waals surface area contributed by atoms with Gasteiger partial charge in [-0.3, -0.25) is 9.59 Å². The number of carbonyl (C=O) groups is 2. The second kappa shape index (κ2) is 7.14. The number of carboxylic acids is 1. The van der Waals surface area contributed by atoms with Gasteiger partial charge < -0.3 is 10.0 Å². The molecule has 0 saturated carbocycles. The summed E-state index contributed by atoms with van der Waals surface area (Å²) in [4.78, 5) is 30.6. The number of aryl methyl sites for hydroxylation is 1. The first kappa shape index (κ1) is 18.8. The number of thiazole rings is 1. The van der Waals surface area contributed by atoms with Gasteiger partial charge in [0.05, 0.1) is 28.6 Å². The molecule has 4 rings (SSSR count). The van der Waals surface area contributed by atoms with Crippen LogP contribution in [-0.2, 0) is 16.1 Å². The maximum atomic E-state index is 14.0. The molecular formula is C19H14F2N2O3S2. The number of anilines is 1. The number of hydrogen-bond donors (Lipinski definition) is 1. The average molecular weight is 420 g/mol. The van der Waals surface area contributed by atoms with Crippen LogP contribution in [0.25, 0.3) is 10.2 Å². The molecule has 1 atom stereocenters. The van der Waals surface area contributed by atoms with Crippen LogP contribution in [0.3, 0.4) is 0 Å². The van der Waals surface area contributed by atoms with E-state index in [1.807, 2.05) is 19.1 Å². The first-order chi connectivity index (χ1) is 13.3. The lowest BCUT2D eigenvalue weighted by Gasteiger charge is -2.33. The number of aromatic nitrogens is 1. The van der Waals surface area contributed by atoms with Crippen LogP contribution < -0.4 is 4.90 Å². The number of benzene rings is 2. The molecule has 0 radical (unpaired) electrons. The van der Waals surface area contributed by atoms with Crippen molar-refractivity contribution >= 4 is 50.9 Å². The summed E-state index contributed by atoms with van der Waals surface area (Å²) < 4.78 is 27.9. The first-order valence-corrected chi connectivity index (χ1v) is 10.1. The van der Waals surface area contributed by atoms with Crippen LogP contribution in [0.5, 0.6) is 0 Å². The zero-order chi connectivity index (χ0) is 20.0. The summed E-state index contributed by atoms with van der Waals surface area (Å²) in [5.74, 6) is -3.38. The summed E-state index contributed by atoms with van der Waals surface area (Å²) in [5, 5.41) is 8.83. The van der Waals surface area contributed by atoms with E-state index in [0.717, 1.165) is 16.5 Å². The van der Waals surface area contributed by atoms with Crippen molar-refractivity contribution in [3.63, 3.8) is 0 Å². The van der Waals surface area contributed by atoms with Gasteiger partial charge in [0.25, 0.3) is 0 Å². The van der Waals surface area contributed by atoms with Crippen molar-refractivity contribution in [2.45, 2.75) is 30.0 Å². The van der Waals surface area contributed by atoms with Crippen molar-refractivity contribution in [2.24, 2.45) is 0 Å². The molecule has 1 aliphatic rings. The summed E-state index contributed by atoms with van der Waals surface area (Å²) >= 11 is 2.41. The van der Waals surface area contributed by atoms with Gasteiger partial charge >= 0.3 is 5.97 Å². The van der Waals surface area contributed by atoms with E-state index in [1.165, 1.54) is 34.1 Å². The Hall–Kier alpha value is -2.52. The quantitative estimate of drug-likeness (QED) is 0.679. The number of aliphatic carboxylic acids is 1. The smallest absolute Gasteiger partial charge is 0.305 e. The van der Waals surface area contributed by atoms with Gasteiger partial charge in [0.2, 0.25) is 5.91 Å². The molecule has 2 heterocycles. The fourth-order valence-electron chi connectivity index (χ4n) is 3.07. The van der Waals surface area contributed by atoms with Gasteiger partial charge in [0, 0.05) is 4.90 Å². The Morgan fingerprint density at radius 1 is 1.29 bits per heavy atom. The van der Waals surface area contributed by atoms with Crippen LogP contribution in [0.4, 0.5) is 14.5 Å². The van der Waals surface area contributed by atoms with Crippen molar-refractivity contribution in [3.05, 3.63) is 52.5 Å². The fourth-order valence-corrected chi connectivity index (χ4v) is 5.34. The van der Waals surface area contributed by atoms with Gasteiger partial charge in [-0.25, -0.2) is 13.8 Å². The second-order valence-corrected chi connectivity index (χ2v) is 8.78. The van der Waals surface area contributed by atoms with Crippen LogP contribution in [0.2, 0.25) is 0 Å². The molecule has 0 fully saturated rings. The predicted octanol–water partition coefficient (Wildman–Crippen LogP) is 4.37. The second-order valence-electron chi connectivity index (χ2n) is 6.42. The van der Waals surface area contributed by atoms with Gasteiger partial charge in [-0.2, -0.15) is 0 Å². The molecule has 0 spiro atoms. The van der Waals surface area contributed by atoms with Crippen LogP contribution in [0.1, 0.15) is 17.0 Å². The van der Waals surface area contributed by atoms with Crippen molar-refractivity contribution in [1.29, 1.82) is 0 Å². The molecule has 0 aliphatic carbocycles. The van der Waals surface area contributed by atoms with Gasteiger partial charge in [0.1, 0.15) is 10.5 Å². The Morgan fingerprint density at radius 3 is 2.82 bits per heavy atom. The monoisotopic (exact) mass is 420 g/mol. The minimum absolute atomic E-state index is 0.0615. The summed E-state index contributed by atoms with van der Waals surface area (Å²) in [6, 6.07) is 8.07. The molecule has 2 aromatic carbocycles. The third-order valence-corrected chi connectivity index (χ3v) is 6.61. The molecule has 0 bridgehead atoms. The van der Waals surface area contributed by atoms with Gasteiger partial charge in [-0.05, 0) is 36.8 Å². The van der Waals surface area contributed by atoms with Crippen LogP contribution in [0, 0.1) is 18.6 Å². The molecule has 9 heteroatoms. The topological polar surface area (TPSA) is 70.5 Å². The number of rotatable bonds is 4. The van der Waals surface area contributed by atoms with Crippen molar-refractivity contribution in [2.75, 3.05) is 4.90 Å². The third-order valence-electron chi connectivity index (χ3n) is 4.37. The van der Waals surface area contributed by atoms with Gasteiger partial charge in [-0.15, -0.1) is 23.1 Å². The van der Waals surface area contributed by atoms with E-state index in [1.54, 1.807) is 6.07 Å². The highest BCUT2D eigenvalue weighted by molar-refractivity contribution is 8.01. The molecule has 1 unspecified atom stereocenters. The van der Waals surface area contributed by atoms with Crippen LogP contribution >= 0.6 is 23.1 Å². The van der Waals surface area contributed by atoms with E-state index in [2.05, 4.69) is 4.98 Å². The third kappa shape index (κ3) is 3.35. The average Bonchev–Trinajstić information content (AvgIpc) is 3.05. The normalized spacial score (nSPS) is 16.5. The number of hydrogen-bond acceptors (Lipinski definition) is 5. The molecule has 1 aromatic heterocycles. The van der Waals surface area contributed by atoms with E-state index < -0.39 is 22.9 Å². The van der Waals surface area contributed by atoms with E-state index in [-0.39, 0.29) is 24.4 Å². The zero-order valence-electron chi connectivity index (χ0n) is 14.6. The lowest BCUT2D eigenvalue weighted by atomic mass is 10.1. The predicted molar refractivity (Wildman–Crippen MR) is 104 cm³/mol. The van der Waals surface area contributed by atoms with E-state index in [4.69, 9.17) is 5.11 Å². The van der Waals surface area contributed by atoms with Crippen molar-refractivity contribution in [3.8, 4) is 0 Å². The fraction of sp³-hybridized carbons (Fsp3) is 0.211. The highest BCUT2D eigenvalue weighted by atomic mass is 32.2. The molecule has 5 nitrogen and oxygen atoms in total. The summed E-state index contributed by atoms with van der Waals surface area (Å²) in [6.45, 7) is 1.98. The maximum absolute atomic E-state index is 14.0. The van der Waals surface area contributed by atoms with Gasteiger partial charge in [-0.1, -0.05) is 6.07 Å². The van der Waals surface area contributed by atoms with E-state index in [9.17, 15) is 18.4 Å². The van der Waals surface area contributed by atoms with Crippen LogP contribution in [-0.4, -0.2) is 27.2 Å². The molecule has 3 aromatic rings. The minimum Gasteiger partial charge on any atom is -0.481 e. The standard InChI is InChI=1S/C19H14F2N2O3S2/c1-9-2-4-11-13(6-9)27-14(7-16(24)25)19(26)23(11)8-15-22-18-12(28-15)5-3-10(20)17(18)21/h2-6,14H,7-8H2,1H3,(H,24,25). The molecule has 1 amide bonds. The summed E-state index contributed by atoms with van der Waals surface area (Å²) in [6.07, 6.45) is -0.299. The van der Waals surface area contributed by atoms with Crippen LogP contribution in [0.15, 0.2) is 35.2 Å². The summed E-state index contributed by atoms with van der Waals surface area (Å²) in [7, 11) is 0. The number of carbonyl (C=O) groups excluding carboxylic acids is 1. The van der Waals surface area contributed by atoms with Gasteiger partial charge in [0.15, 0.2) is 11.6 Å². The number of fused-ring (bicyclic) bond motifs is 2. The SMILES string of the molecule is Cc1ccc2c(c1)SC(CC(=O)O)C(=O)N2Cc1nc2c(F)c(F)ccc2s1. The molecule has 0 saturated heterocycles. The Balaban J connectivity index is 1.74. The zero-order valence-corrected chi connectivity index (χ0v) is 16.2. The molecule has 1 aliphatic heterocycles. The largest absolute Gasteiger partial charge is 0.481 e. The van der Waals surface area contributed by atoms with Crippen molar-refractivity contribution in [1.82, 2.24) is 4.98 Å². The van der Waals surface area contributed by atoms with E-state index >= 15 is 0 Å². The lowest BCUT2D eigenvalue weighted by Crippen LogP contribution is -2.41. The number of thioether (sulfide) groups is 1. The maximum Gasteiger partial charge on any atom is 0.305 e. The highest BCUT2D eigenvalue weighted by Crippen LogP contribution is 2.42. The molecule has 28 heavy (non-hydrogen) atoms. The number of halogens is 2. The van der Waals surface area contributed by atoms with E-state index in [0.29, 0.717) is 15.4 Å². The minimum atomic E-state index is -1.06.